The van der Waals surface area contributed by atoms with Crippen LogP contribution in [0, 0.1) is 0 Å². The fourth-order valence-electron chi connectivity index (χ4n) is 4.40. The van der Waals surface area contributed by atoms with Crippen molar-refractivity contribution in [1.82, 2.24) is 10.6 Å². The Bertz CT molecular complexity index is 1420. The number of ketones is 1. The van der Waals surface area contributed by atoms with Crippen LogP contribution in [0.15, 0.2) is 73.2 Å². The highest BCUT2D eigenvalue weighted by atomic mass is 35.5. The Hall–Kier alpha value is -4.54. The van der Waals surface area contributed by atoms with E-state index in [0.29, 0.717) is 24.3 Å². The molecule has 0 spiro atoms. The molecule has 3 aromatic rings. The maximum absolute atomic E-state index is 13.0. The van der Waals surface area contributed by atoms with Crippen molar-refractivity contribution in [3.05, 3.63) is 95.4 Å². The van der Waals surface area contributed by atoms with Gasteiger partial charge in [-0.15, -0.1) is 12.4 Å². The lowest BCUT2D eigenvalue weighted by molar-refractivity contribution is 0.0192. The Morgan fingerprint density at radius 3 is 2.20 bits per heavy atom. The summed E-state index contributed by atoms with van der Waals surface area (Å²) in [5.74, 6) is -1.00. The molecule has 5 rings (SSSR count). The van der Waals surface area contributed by atoms with Gasteiger partial charge in [-0.2, -0.15) is 0 Å². The average molecular weight is 567 g/mol. The smallest absolute Gasteiger partial charge is 0.338 e. The molecule has 3 aromatic carbocycles. The second-order valence-electron chi connectivity index (χ2n) is 9.15. The third-order valence-electron chi connectivity index (χ3n) is 6.49. The van der Waals surface area contributed by atoms with Crippen LogP contribution in [0.2, 0.25) is 0 Å². The fraction of sp³-hybridized carbons (Fsp3) is 0.207. The molecule has 2 aliphatic rings. The van der Waals surface area contributed by atoms with E-state index in [9.17, 15) is 24.6 Å². The Balaban J connectivity index is 0.00000370. The predicted molar refractivity (Wildman–Crippen MR) is 146 cm³/mol. The van der Waals surface area contributed by atoms with Gasteiger partial charge in [0.2, 0.25) is 0 Å². The summed E-state index contributed by atoms with van der Waals surface area (Å²) in [5, 5.41) is 25.9. The Morgan fingerprint density at radius 2 is 1.50 bits per heavy atom. The molecule has 0 radical (unpaired) electrons. The van der Waals surface area contributed by atoms with E-state index in [1.807, 2.05) is 0 Å². The van der Waals surface area contributed by atoms with Gasteiger partial charge in [0.05, 0.1) is 17.2 Å². The molecule has 40 heavy (non-hydrogen) atoms. The molecule has 0 aromatic heterocycles. The molecule has 0 aliphatic carbocycles. The first-order chi connectivity index (χ1) is 18.9. The Labute approximate surface area is 236 Å². The first-order valence-corrected chi connectivity index (χ1v) is 12.4. The molecule has 1 amide bonds. The van der Waals surface area contributed by atoms with Crippen LogP contribution in [0.25, 0.3) is 0 Å². The van der Waals surface area contributed by atoms with Crippen LogP contribution in [0.4, 0.5) is 0 Å². The van der Waals surface area contributed by atoms with Gasteiger partial charge in [0, 0.05) is 23.7 Å². The molecule has 208 valence electrons. The third kappa shape index (κ3) is 6.36. The van der Waals surface area contributed by atoms with Crippen LogP contribution >= 0.6 is 12.4 Å². The Morgan fingerprint density at radius 1 is 0.875 bits per heavy atom. The summed E-state index contributed by atoms with van der Waals surface area (Å²) in [7, 11) is 0. The molecule has 1 saturated heterocycles. The van der Waals surface area contributed by atoms with Crippen molar-refractivity contribution < 1.29 is 38.8 Å². The van der Waals surface area contributed by atoms with Crippen LogP contribution in [-0.2, 0) is 4.74 Å². The quantitative estimate of drug-likeness (QED) is 0.259. The van der Waals surface area contributed by atoms with Gasteiger partial charge in [-0.3, -0.25) is 9.59 Å². The van der Waals surface area contributed by atoms with Gasteiger partial charge < -0.3 is 35.1 Å². The van der Waals surface area contributed by atoms with E-state index >= 15 is 0 Å². The van der Waals surface area contributed by atoms with E-state index in [1.54, 1.807) is 0 Å². The van der Waals surface area contributed by atoms with E-state index in [1.165, 1.54) is 73.2 Å². The number of hydrogen-bond donors (Lipinski definition) is 4. The van der Waals surface area contributed by atoms with E-state index < -0.39 is 23.9 Å². The van der Waals surface area contributed by atoms with Crippen LogP contribution in [0.5, 0.6) is 23.0 Å². The zero-order chi connectivity index (χ0) is 27.4. The predicted octanol–water partition coefficient (Wildman–Crippen LogP) is 3.70. The van der Waals surface area contributed by atoms with Crippen molar-refractivity contribution in [2.75, 3.05) is 13.1 Å². The van der Waals surface area contributed by atoms with E-state index in [2.05, 4.69) is 10.6 Å². The van der Waals surface area contributed by atoms with E-state index in [-0.39, 0.29) is 52.3 Å². The van der Waals surface area contributed by atoms with Crippen molar-refractivity contribution in [2.24, 2.45) is 0 Å². The molecular formula is C29H27ClN2O8. The van der Waals surface area contributed by atoms with Crippen molar-refractivity contribution in [1.29, 1.82) is 0 Å². The molecule has 2 atom stereocenters. The monoisotopic (exact) mass is 566 g/mol. The minimum Gasteiger partial charge on any atom is -0.508 e. The largest absolute Gasteiger partial charge is 0.508 e. The van der Waals surface area contributed by atoms with Gasteiger partial charge in [0.1, 0.15) is 30.1 Å². The highest BCUT2D eigenvalue weighted by Gasteiger charge is 2.29. The summed E-state index contributed by atoms with van der Waals surface area (Å²) in [4.78, 5) is 38.7. The number of carbonyl (C=O) groups excluding carboxylic acids is 3. The summed E-state index contributed by atoms with van der Waals surface area (Å²) in [6.07, 6.45) is 3.37. The number of benzene rings is 3. The summed E-state index contributed by atoms with van der Waals surface area (Å²) < 4.78 is 16.4. The number of hydrogen-bond acceptors (Lipinski definition) is 9. The first kappa shape index (κ1) is 28.5. The first-order valence-electron chi connectivity index (χ1n) is 12.4. The SMILES string of the molecule is Cl.O=C(N[C@@H]1CNCCC[C@H]1OC(=O)c1ccc(C(=O)c2cc3c(cc2O)OC=CO3)cc1)c1ccc(O)cc1. The van der Waals surface area contributed by atoms with Crippen LogP contribution in [-0.4, -0.2) is 53.1 Å². The number of halogens is 1. The molecule has 0 bridgehead atoms. The number of esters is 1. The second-order valence-corrected chi connectivity index (χ2v) is 9.15. The maximum Gasteiger partial charge on any atom is 0.338 e. The molecule has 2 heterocycles. The molecule has 4 N–H and O–H groups in total. The Kier molecular flexibility index (Phi) is 8.93. The summed E-state index contributed by atoms with van der Waals surface area (Å²) in [6, 6.07) is 14.0. The molecular weight excluding hydrogens is 540 g/mol. The zero-order valence-electron chi connectivity index (χ0n) is 21.2. The number of ether oxygens (including phenoxy) is 3. The molecule has 11 heteroatoms. The van der Waals surface area contributed by atoms with Gasteiger partial charge in [-0.25, -0.2) is 4.79 Å². The molecule has 2 aliphatic heterocycles. The number of amides is 1. The van der Waals surface area contributed by atoms with Gasteiger partial charge in [0.15, 0.2) is 17.3 Å². The van der Waals surface area contributed by atoms with Crippen molar-refractivity contribution in [3.63, 3.8) is 0 Å². The lowest BCUT2D eigenvalue weighted by Crippen LogP contribution is -2.49. The highest BCUT2D eigenvalue weighted by molar-refractivity contribution is 6.11. The summed E-state index contributed by atoms with van der Waals surface area (Å²) in [6.45, 7) is 1.14. The number of rotatable bonds is 6. The van der Waals surface area contributed by atoms with Crippen molar-refractivity contribution in [2.45, 2.75) is 25.0 Å². The lowest BCUT2D eigenvalue weighted by atomic mass is 10.0. The summed E-state index contributed by atoms with van der Waals surface area (Å²) in [5.41, 5.74) is 0.903. The molecule has 0 saturated carbocycles. The highest BCUT2D eigenvalue weighted by Crippen LogP contribution is 2.37. The normalized spacial score (nSPS) is 17.6. The zero-order valence-corrected chi connectivity index (χ0v) is 22.0. The van der Waals surface area contributed by atoms with Crippen LogP contribution in [0.3, 0.4) is 0 Å². The van der Waals surface area contributed by atoms with Gasteiger partial charge in [-0.05, 0) is 61.9 Å². The second kappa shape index (κ2) is 12.5. The van der Waals surface area contributed by atoms with E-state index in [0.717, 1.165) is 13.0 Å². The van der Waals surface area contributed by atoms with Crippen molar-refractivity contribution in [3.8, 4) is 23.0 Å². The average Bonchev–Trinajstić information content (AvgIpc) is 3.17. The summed E-state index contributed by atoms with van der Waals surface area (Å²) >= 11 is 0. The number of phenolic OH excluding ortho intramolecular Hbond substituents is 2. The molecule has 0 unspecified atom stereocenters. The maximum atomic E-state index is 13.0. The fourth-order valence-corrected chi connectivity index (χ4v) is 4.40. The van der Waals surface area contributed by atoms with Gasteiger partial charge in [-0.1, -0.05) is 12.1 Å². The number of carbonyl (C=O) groups is 3. The topological polar surface area (TPSA) is 143 Å². The number of aromatic hydroxyl groups is 2. The molecule has 10 nitrogen and oxygen atoms in total. The third-order valence-corrected chi connectivity index (χ3v) is 6.49. The number of fused-ring (bicyclic) bond motifs is 1. The minimum atomic E-state index is -0.584. The molecule has 1 fully saturated rings. The standard InChI is InChI=1S/C29H26N2O8.ClH/c32-20-9-7-18(8-10-20)28(35)31-22-16-30-11-1-2-24(22)39-29(36)19-5-3-17(4-6-19)27(34)21-14-25-26(15-23(21)33)38-13-12-37-25;/h3-10,12-15,22,24,30,32-33H,1-2,11,16H2,(H,31,35);1H/t22-,24-;/m1./s1. The number of nitrogens with one attached hydrogen (secondary N) is 2. The van der Waals surface area contributed by atoms with Gasteiger partial charge in [0.25, 0.3) is 5.91 Å². The van der Waals surface area contributed by atoms with Crippen LogP contribution < -0.4 is 20.1 Å². The minimum absolute atomic E-state index is 0. The lowest BCUT2D eigenvalue weighted by Gasteiger charge is -2.26. The van der Waals surface area contributed by atoms with E-state index in [4.69, 9.17) is 14.2 Å². The van der Waals surface area contributed by atoms with Crippen molar-refractivity contribution >= 4 is 30.1 Å². The van der Waals surface area contributed by atoms with Crippen LogP contribution in [0.1, 0.15) is 49.5 Å². The van der Waals surface area contributed by atoms with Gasteiger partial charge >= 0.3 is 5.97 Å². The number of phenols is 2.